The lowest BCUT2D eigenvalue weighted by Gasteiger charge is -2.27. The highest BCUT2D eigenvalue weighted by molar-refractivity contribution is 7.90. The number of ether oxygens (including phenoxy) is 3. The predicted octanol–water partition coefficient (Wildman–Crippen LogP) is 4.01. The standard InChI is InChI=1S/C28H27ClF2N8O5S/c1-42-27-37-25(36-26(38-27)39-13-11-32-12-14-39)35-20-15-16(45(2,40)41)8-9-19(20)34-22(23-18(29)6-4-10-33-23)17-5-3-7-21-24(17)44-28(30,31)43-21/h3-10,15,22,32,34H,11-14H2,1-2H3,(H,35,36,37,38)/t22-/m1/s1. The van der Waals surface area contributed by atoms with Crippen molar-refractivity contribution in [2.45, 2.75) is 17.2 Å². The third-order valence-corrected chi connectivity index (χ3v) is 8.41. The van der Waals surface area contributed by atoms with Crippen LogP contribution in [-0.2, 0) is 9.84 Å². The van der Waals surface area contributed by atoms with E-state index in [0.29, 0.717) is 24.7 Å². The lowest BCUT2D eigenvalue weighted by Crippen LogP contribution is -2.44. The van der Waals surface area contributed by atoms with E-state index < -0.39 is 22.2 Å². The van der Waals surface area contributed by atoms with Crippen LogP contribution in [0.2, 0.25) is 5.02 Å². The van der Waals surface area contributed by atoms with Crippen LogP contribution in [0.3, 0.4) is 0 Å². The van der Waals surface area contributed by atoms with Crippen molar-refractivity contribution in [1.29, 1.82) is 0 Å². The number of nitrogens with one attached hydrogen (secondary N) is 3. The molecule has 4 heterocycles. The minimum atomic E-state index is -3.87. The van der Waals surface area contributed by atoms with Crippen LogP contribution in [0.1, 0.15) is 17.3 Å². The van der Waals surface area contributed by atoms with Crippen LogP contribution in [0.25, 0.3) is 0 Å². The van der Waals surface area contributed by atoms with Crippen molar-refractivity contribution < 1.29 is 31.4 Å². The Morgan fingerprint density at radius 2 is 1.87 bits per heavy atom. The van der Waals surface area contributed by atoms with E-state index in [1.54, 1.807) is 18.2 Å². The van der Waals surface area contributed by atoms with Crippen molar-refractivity contribution in [3.05, 3.63) is 71.0 Å². The van der Waals surface area contributed by atoms with Gasteiger partial charge < -0.3 is 35.1 Å². The maximum Gasteiger partial charge on any atom is 0.586 e. The zero-order chi connectivity index (χ0) is 31.8. The van der Waals surface area contributed by atoms with Crippen molar-refractivity contribution in [3.8, 4) is 17.5 Å². The van der Waals surface area contributed by atoms with Gasteiger partial charge in [0.15, 0.2) is 21.3 Å². The highest BCUT2D eigenvalue weighted by atomic mass is 35.5. The van der Waals surface area contributed by atoms with E-state index in [1.165, 1.54) is 43.6 Å². The van der Waals surface area contributed by atoms with Crippen LogP contribution < -0.4 is 35.1 Å². The number of para-hydroxylation sites is 1. The van der Waals surface area contributed by atoms with E-state index in [4.69, 9.17) is 21.1 Å². The number of sulfone groups is 1. The first-order valence-corrected chi connectivity index (χ1v) is 15.9. The highest BCUT2D eigenvalue weighted by Crippen LogP contribution is 2.47. The van der Waals surface area contributed by atoms with E-state index >= 15 is 0 Å². The Morgan fingerprint density at radius 1 is 1.07 bits per heavy atom. The molecule has 4 aromatic rings. The zero-order valence-electron chi connectivity index (χ0n) is 23.9. The molecular formula is C28H27ClF2N8O5S. The molecule has 0 spiro atoms. The van der Waals surface area contributed by atoms with E-state index in [9.17, 15) is 17.2 Å². The van der Waals surface area contributed by atoms with Gasteiger partial charge in [-0.15, -0.1) is 8.78 Å². The normalized spacial score (nSPS) is 16.2. The van der Waals surface area contributed by atoms with Gasteiger partial charge in [0.1, 0.15) is 0 Å². The van der Waals surface area contributed by atoms with Crippen LogP contribution in [0.5, 0.6) is 17.5 Å². The molecule has 0 radical (unpaired) electrons. The molecular weight excluding hydrogens is 634 g/mol. The van der Waals surface area contributed by atoms with Crippen LogP contribution in [0, 0.1) is 0 Å². The molecule has 6 rings (SSSR count). The number of alkyl halides is 2. The first kappa shape index (κ1) is 30.5. The summed E-state index contributed by atoms with van der Waals surface area (Å²) in [7, 11) is -2.22. The van der Waals surface area contributed by atoms with Crippen LogP contribution in [0.15, 0.2) is 59.6 Å². The third kappa shape index (κ3) is 6.62. The molecule has 0 saturated carbocycles. The summed E-state index contributed by atoms with van der Waals surface area (Å²) in [4.78, 5) is 19.6. The molecule has 1 saturated heterocycles. The highest BCUT2D eigenvalue weighted by Gasteiger charge is 2.45. The second kappa shape index (κ2) is 12.1. The van der Waals surface area contributed by atoms with E-state index in [-0.39, 0.29) is 50.3 Å². The quantitative estimate of drug-likeness (QED) is 0.237. The van der Waals surface area contributed by atoms with Crippen molar-refractivity contribution in [2.75, 3.05) is 55.1 Å². The number of pyridine rings is 1. The van der Waals surface area contributed by atoms with Gasteiger partial charge in [0.25, 0.3) is 0 Å². The summed E-state index contributed by atoms with van der Waals surface area (Å²) >= 11 is 6.55. The lowest BCUT2D eigenvalue weighted by molar-refractivity contribution is -0.287. The number of methoxy groups -OCH3 is 1. The molecule has 2 aliphatic heterocycles. The molecule has 2 aliphatic rings. The molecule has 0 unspecified atom stereocenters. The van der Waals surface area contributed by atoms with Crippen LogP contribution >= 0.6 is 11.6 Å². The average molecular weight is 661 g/mol. The maximum absolute atomic E-state index is 14.2. The number of anilines is 4. The number of hydrogen-bond acceptors (Lipinski definition) is 13. The third-order valence-electron chi connectivity index (χ3n) is 6.98. The fraction of sp³-hybridized carbons (Fsp3) is 0.286. The summed E-state index contributed by atoms with van der Waals surface area (Å²) < 4.78 is 68.3. The number of fused-ring (bicyclic) bond motifs is 1. The summed E-state index contributed by atoms with van der Waals surface area (Å²) in [5.74, 6) is 0.0795. The summed E-state index contributed by atoms with van der Waals surface area (Å²) in [5, 5.41) is 9.87. The second-order valence-electron chi connectivity index (χ2n) is 10.1. The van der Waals surface area contributed by atoms with E-state index in [2.05, 4.69) is 40.6 Å². The SMILES string of the molecule is COc1nc(Nc2cc(S(C)(=O)=O)ccc2N[C@H](c2cccc3c2OC(F)(F)O3)c2ncccc2Cl)nc(N2CCNCC2)n1. The Balaban J connectivity index is 1.45. The number of rotatable bonds is 9. The Labute approximate surface area is 261 Å². The molecule has 0 amide bonds. The Kier molecular flexibility index (Phi) is 8.20. The van der Waals surface area contributed by atoms with Gasteiger partial charge in [0.05, 0.1) is 40.1 Å². The number of piperazine rings is 1. The molecule has 1 fully saturated rings. The zero-order valence-corrected chi connectivity index (χ0v) is 25.5. The van der Waals surface area contributed by atoms with Gasteiger partial charge in [-0.1, -0.05) is 23.7 Å². The molecule has 2 aromatic heterocycles. The number of benzene rings is 2. The summed E-state index contributed by atoms with van der Waals surface area (Å²) in [6.07, 6.45) is -1.29. The number of aromatic nitrogens is 4. The van der Waals surface area contributed by atoms with Gasteiger partial charge in [-0.3, -0.25) is 4.98 Å². The molecule has 17 heteroatoms. The molecule has 3 N–H and O–H groups in total. The second-order valence-corrected chi connectivity index (χ2v) is 12.5. The number of halogens is 3. The molecule has 236 valence electrons. The summed E-state index contributed by atoms with van der Waals surface area (Å²) in [6.45, 7) is 2.79. The number of nitrogens with zero attached hydrogens (tertiary/aromatic N) is 5. The molecule has 0 aliphatic carbocycles. The Morgan fingerprint density at radius 3 is 2.60 bits per heavy atom. The van der Waals surface area contributed by atoms with Gasteiger partial charge in [0, 0.05) is 44.2 Å². The number of hydrogen-bond donors (Lipinski definition) is 3. The van der Waals surface area contributed by atoms with E-state index in [1.807, 2.05) is 4.90 Å². The molecule has 1 atom stereocenters. The molecule has 45 heavy (non-hydrogen) atoms. The molecule has 2 aromatic carbocycles. The van der Waals surface area contributed by atoms with Crippen molar-refractivity contribution in [1.82, 2.24) is 25.3 Å². The summed E-state index contributed by atoms with van der Waals surface area (Å²) in [5.41, 5.74) is 1.10. The largest absolute Gasteiger partial charge is 0.586 e. The van der Waals surface area contributed by atoms with Gasteiger partial charge in [-0.2, -0.15) is 15.0 Å². The topological polar surface area (TPSA) is 153 Å². The van der Waals surface area contributed by atoms with Crippen LogP contribution in [-0.4, -0.2) is 74.2 Å². The fourth-order valence-corrected chi connectivity index (χ4v) is 5.76. The van der Waals surface area contributed by atoms with E-state index in [0.717, 1.165) is 19.3 Å². The van der Waals surface area contributed by atoms with Gasteiger partial charge in [-0.05, 0) is 36.4 Å². The summed E-state index contributed by atoms with van der Waals surface area (Å²) in [6, 6.07) is 11.1. The minimum Gasteiger partial charge on any atom is -0.467 e. The smallest absolute Gasteiger partial charge is 0.467 e. The van der Waals surface area contributed by atoms with Gasteiger partial charge in [0.2, 0.25) is 11.9 Å². The first-order chi connectivity index (χ1) is 21.5. The molecule has 13 nitrogen and oxygen atoms in total. The maximum atomic E-state index is 14.2. The predicted molar refractivity (Wildman–Crippen MR) is 162 cm³/mol. The van der Waals surface area contributed by atoms with Crippen LogP contribution in [0.4, 0.5) is 32.1 Å². The minimum absolute atomic E-state index is 0.00305. The Hall–Kier alpha value is -4.54. The van der Waals surface area contributed by atoms with Gasteiger partial charge in [-0.25, -0.2) is 8.42 Å². The van der Waals surface area contributed by atoms with Gasteiger partial charge >= 0.3 is 12.3 Å². The van der Waals surface area contributed by atoms with Crippen molar-refractivity contribution in [2.24, 2.45) is 0 Å². The van der Waals surface area contributed by atoms with Crippen molar-refractivity contribution >= 4 is 44.7 Å². The average Bonchev–Trinajstić information content (AvgIpc) is 3.34. The monoisotopic (exact) mass is 660 g/mol. The first-order valence-electron chi connectivity index (χ1n) is 13.6. The lowest BCUT2D eigenvalue weighted by atomic mass is 10.0. The fourth-order valence-electron chi connectivity index (χ4n) is 4.88. The Bertz CT molecular complexity index is 1850. The van der Waals surface area contributed by atoms with Crippen molar-refractivity contribution in [3.63, 3.8) is 0 Å². The molecule has 0 bridgehead atoms.